The van der Waals surface area contributed by atoms with Crippen molar-refractivity contribution in [3.05, 3.63) is 34.2 Å². The monoisotopic (exact) mass is 587 g/mol. The van der Waals surface area contributed by atoms with Crippen LogP contribution in [0.25, 0.3) is 22.4 Å². The smallest absolute Gasteiger partial charge is 0.279 e. The van der Waals surface area contributed by atoms with Gasteiger partial charge in [0.15, 0.2) is 15.4 Å². The van der Waals surface area contributed by atoms with E-state index in [4.69, 9.17) is 14.5 Å². The summed E-state index contributed by atoms with van der Waals surface area (Å²) in [5.41, 5.74) is 1.80. The fraction of sp³-hybridized carbons (Fsp3) is 0.607. The van der Waals surface area contributed by atoms with Crippen molar-refractivity contribution >= 4 is 20.9 Å². The van der Waals surface area contributed by atoms with E-state index >= 15 is 0 Å². The summed E-state index contributed by atoms with van der Waals surface area (Å²) in [6, 6.07) is 4.80. The van der Waals surface area contributed by atoms with Gasteiger partial charge in [0.2, 0.25) is 0 Å². The van der Waals surface area contributed by atoms with Gasteiger partial charge in [-0.25, -0.2) is 13.4 Å². The van der Waals surface area contributed by atoms with Crippen molar-refractivity contribution in [2.75, 3.05) is 66.1 Å². The van der Waals surface area contributed by atoms with E-state index in [0.29, 0.717) is 49.5 Å². The van der Waals surface area contributed by atoms with Crippen LogP contribution >= 0.6 is 0 Å². The van der Waals surface area contributed by atoms with Crippen LogP contribution in [0, 0.1) is 0 Å². The summed E-state index contributed by atoms with van der Waals surface area (Å²) in [5, 5.41) is 7.06. The molecule has 0 bridgehead atoms. The first-order valence-electron chi connectivity index (χ1n) is 14.5. The van der Waals surface area contributed by atoms with Gasteiger partial charge in [-0.1, -0.05) is 20.3 Å². The third-order valence-corrected chi connectivity index (χ3v) is 9.61. The standard InChI is InChI=1S/C28H41N7O5S/c1-4-6-22-25-26(32-35(22)12-11-34-13-16-39-17-14-34)28(36)31-27(30-25)21-18-20(7-8-23(21)40-15-5-2)41(37,38)24-19-33(3)10-9-29-24/h7-8,18,24,29H,4-6,9-17,19H2,1-3H3,(H,30,31,36). The van der Waals surface area contributed by atoms with Crippen LogP contribution in [0.1, 0.15) is 32.4 Å². The highest BCUT2D eigenvalue weighted by atomic mass is 32.2. The van der Waals surface area contributed by atoms with Gasteiger partial charge in [-0.2, -0.15) is 5.10 Å². The minimum Gasteiger partial charge on any atom is -0.493 e. The normalized spacial score (nSPS) is 19.1. The van der Waals surface area contributed by atoms with Gasteiger partial charge in [-0.05, 0) is 38.1 Å². The molecule has 3 aromatic rings. The van der Waals surface area contributed by atoms with Crippen LogP contribution < -0.4 is 15.6 Å². The summed E-state index contributed by atoms with van der Waals surface area (Å²) >= 11 is 0. The number of rotatable bonds is 11. The maximum absolute atomic E-state index is 13.6. The molecule has 0 aliphatic carbocycles. The maximum Gasteiger partial charge on any atom is 0.279 e. The quantitative estimate of drug-likeness (QED) is 0.340. The molecule has 2 N–H and O–H groups in total. The van der Waals surface area contributed by atoms with Crippen molar-refractivity contribution < 1.29 is 17.9 Å². The molecule has 0 spiro atoms. The second-order valence-electron chi connectivity index (χ2n) is 10.7. The Labute approximate surface area is 240 Å². The molecule has 1 atom stereocenters. The van der Waals surface area contributed by atoms with Crippen LogP contribution in [0.5, 0.6) is 5.75 Å². The topological polar surface area (TPSA) is 135 Å². The molecule has 2 fully saturated rings. The predicted octanol–water partition coefficient (Wildman–Crippen LogP) is 1.49. The van der Waals surface area contributed by atoms with Gasteiger partial charge in [0, 0.05) is 39.3 Å². The molecule has 5 rings (SSSR count). The second kappa shape index (κ2) is 13.0. The molecule has 1 unspecified atom stereocenters. The van der Waals surface area contributed by atoms with Crippen molar-refractivity contribution in [1.82, 2.24) is 34.9 Å². The van der Waals surface area contributed by atoms with E-state index < -0.39 is 15.2 Å². The lowest BCUT2D eigenvalue weighted by Crippen LogP contribution is -2.52. The van der Waals surface area contributed by atoms with Crippen LogP contribution in [-0.2, 0) is 27.5 Å². The Morgan fingerprint density at radius 1 is 1.10 bits per heavy atom. The molecular formula is C28H41N7O5S. The lowest BCUT2D eigenvalue weighted by Gasteiger charge is -2.30. The molecule has 0 saturated carbocycles. The first-order valence-corrected chi connectivity index (χ1v) is 16.1. The number of ether oxygens (including phenoxy) is 2. The summed E-state index contributed by atoms with van der Waals surface area (Å²) in [6.45, 7) is 10.9. The molecule has 12 nitrogen and oxygen atoms in total. The number of hydrogen-bond acceptors (Lipinski definition) is 10. The molecule has 224 valence electrons. The summed E-state index contributed by atoms with van der Waals surface area (Å²) in [5.74, 6) is 0.739. The van der Waals surface area contributed by atoms with E-state index in [1.165, 1.54) is 0 Å². The zero-order valence-corrected chi connectivity index (χ0v) is 25.0. The van der Waals surface area contributed by atoms with Crippen molar-refractivity contribution in [2.45, 2.75) is 49.9 Å². The molecule has 2 saturated heterocycles. The number of likely N-dealkylation sites (N-methyl/N-ethyl adjacent to an activating group) is 1. The molecule has 41 heavy (non-hydrogen) atoms. The minimum absolute atomic E-state index is 0.155. The van der Waals surface area contributed by atoms with Crippen LogP contribution in [0.15, 0.2) is 27.9 Å². The molecule has 0 radical (unpaired) electrons. The van der Waals surface area contributed by atoms with Crippen LogP contribution in [0.3, 0.4) is 0 Å². The van der Waals surface area contributed by atoms with Crippen molar-refractivity contribution in [3.63, 3.8) is 0 Å². The Balaban J connectivity index is 1.56. The maximum atomic E-state index is 13.6. The number of hydrogen-bond donors (Lipinski definition) is 2. The van der Waals surface area contributed by atoms with Gasteiger partial charge >= 0.3 is 0 Å². The minimum atomic E-state index is -3.70. The lowest BCUT2D eigenvalue weighted by atomic mass is 10.1. The fourth-order valence-corrected chi connectivity index (χ4v) is 7.01. The molecule has 0 amide bonds. The second-order valence-corrected chi connectivity index (χ2v) is 12.9. The molecular weight excluding hydrogens is 546 g/mol. The molecule has 1 aromatic carbocycles. The van der Waals surface area contributed by atoms with E-state index in [9.17, 15) is 13.2 Å². The average Bonchev–Trinajstić information content (AvgIpc) is 3.33. The Morgan fingerprint density at radius 3 is 2.63 bits per heavy atom. The van der Waals surface area contributed by atoms with E-state index in [-0.39, 0.29) is 21.8 Å². The molecule has 13 heteroatoms. The van der Waals surface area contributed by atoms with Gasteiger partial charge < -0.3 is 19.4 Å². The van der Waals surface area contributed by atoms with E-state index in [2.05, 4.69) is 27.2 Å². The van der Waals surface area contributed by atoms with Crippen molar-refractivity contribution in [1.29, 1.82) is 0 Å². The number of aromatic nitrogens is 4. The number of benzene rings is 1. The summed E-state index contributed by atoms with van der Waals surface area (Å²) in [6.07, 6.45) is 2.35. The number of nitrogens with zero attached hydrogens (tertiary/aromatic N) is 5. The van der Waals surface area contributed by atoms with Crippen LogP contribution in [0.2, 0.25) is 0 Å². The van der Waals surface area contributed by atoms with Crippen LogP contribution in [0.4, 0.5) is 0 Å². The first kappa shape index (κ1) is 29.6. The Morgan fingerprint density at radius 2 is 1.90 bits per heavy atom. The van der Waals surface area contributed by atoms with Crippen LogP contribution in [-0.4, -0.2) is 109 Å². The zero-order chi connectivity index (χ0) is 29.0. The first-order chi connectivity index (χ1) is 19.8. The number of nitrogens with one attached hydrogen (secondary N) is 2. The third-order valence-electron chi connectivity index (χ3n) is 7.63. The highest BCUT2D eigenvalue weighted by molar-refractivity contribution is 7.92. The van der Waals surface area contributed by atoms with Crippen molar-refractivity contribution in [3.8, 4) is 17.1 Å². The van der Waals surface area contributed by atoms with Crippen molar-refractivity contribution in [2.24, 2.45) is 0 Å². The van der Waals surface area contributed by atoms with Gasteiger partial charge in [0.25, 0.3) is 5.56 Å². The number of aryl methyl sites for hydroxylation is 1. The van der Waals surface area contributed by atoms with E-state index in [1.807, 2.05) is 23.6 Å². The summed E-state index contributed by atoms with van der Waals surface area (Å²) in [4.78, 5) is 25.6. The largest absolute Gasteiger partial charge is 0.493 e. The number of fused-ring (bicyclic) bond motifs is 1. The van der Waals surface area contributed by atoms with Gasteiger partial charge in [0.05, 0.1) is 42.5 Å². The fourth-order valence-electron chi connectivity index (χ4n) is 5.36. The Bertz CT molecular complexity index is 1510. The van der Waals surface area contributed by atoms with E-state index in [1.54, 1.807) is 18.2 Å². The van der Waals surface area contributed by atoms with E-state index in [0.717, 1.165) is 57.9 Å². The molecule has 4 heterocycles. The number of aromatic amines is 1. The molecule has 2 aliphatic heterocycles. The number of morpholine rings is 1. The lowest BCUT2D eigenvalue weighted by molar-refractivity contribution is 0.0359. The number of H-pyrrole nitrogens is 1. The summed E-state index contributed by atoms with van der Waals surface area (Å²) < 4.78 is 40.6. The van der Waals surface area contributed by atoms with Gasteiger partial charge in [0.1, 0.15) is 22.5 Å². The average molecular weight is 588 g/mol. The predicted molar refractivity (Wildman–Crippen MR) is 157 cm³/mol. The zero-order valence-electron chi connectivity index (χ0n) is 24.2. The Kier molecular flexibility index (Phi) is 9.39. The molecule has 2 aliphatic rings. The summed E-state index contributed by atoms with van der Waals surface area (Å²) in [7, 11) is -1.79. The number of sulfone groups is 1. The highest BCUT2D eigenvalue weighted by Crippen LogP contribution is 2.32. The molecule has 2 aromatic heterocycles. The van der Waals surface area contributed by atoms with Gasteiger partial charge in [-0.15, -0.1) is 0 Å². The Hall–Kier alpha value is -2.84. The highest BCUT2D eigenvalue weighted by Gasteiger charge is 2.32. The number of piperazine rings is 1. The SMILES string of the molecule is CCCOc1ccc(S(=O)(=O)C2CN(C)CCN2)cc1-c1nc2c(CCC)n(CCN3CCOCC3)nc2c(=O)[nH]1. The third kappa shape index (κ3) is 6.49. The van der Waals surface area contributed by atoms with Gasteiger partial charge in [-0.3, -0.25) is 19.7 Å².